The largest absolute Gasteiger partial charge is 0.338 e. The number of halogens is 1. The minimum absolute atomic E-state index is 0.0245. The molecule has 3 saturated heterocycles. The summed E-state index contributed by atoms with van der Waals surface area (Å²) in [5.74, 6) is 0.389. The Kier molecular flexibility index (Phi) is 11.8. The Hall–Kier alpha value is -2.12. The molecule has 4 heterocycles. The molecule has 9 nitrogen and oxygen atoms in total. The highest BCUT2D eigenvalue weighted by Crippen LogP contribution is 2.35. The van der Waals surface area contributed by atoms with Crippen LogP contribution in [0.4, 0.5) is 4.39 Å². The molecule has 0 N–H and O–H groups in total. The fraction of sp³-hybridized carbons (Fsp3) is 0.656. The second kappa shape index (κ2) is 15.0. The zero-order valence-electron chi connectivity index (χ0n) is 26.8. The molecule has 1 amide bonds. The van der Waals surface area contributed by atoms with Gasteiger partial charge in [0.05, 0.1) is 27.1 Å². The maximum atomic E-state index is 13.2. The molecular weight excluding hydrogens is 600 g/mol. The summed E-state index contributed by atoms with van der Waals surface area (Å²) in [7, 11) is -3.15. The lowest BCUT2D eigenvalue weighted by Gasteiger charge is -2.51. The number of rotatable bonds is 6. The van der Waals surface area contributed by atoms with Crippen molar-refractivity contribution in [3.63, 3.8) is 0 Å². The molecule has 0 spiro atoms. The Bertz CT molecular complexity index is 1330. The molecule has 1 aromatic carbocycles. The molecular formula is C32H49FN6O3S2. The molecule has 244 valence electrons. The van der Waals surface area contributed by atoms with E-state index in [0.29, 0.717) is 43.7 Å². The number of piperidine rings is 2. The number of hydrogen-bond acceptors (Lipinski definition) is 8. The van der Waals surface area contributed by atoms with Gasteiger partial charge in [0.1, 0.15) is 12.1 Å². The fourth-order valence-corrected chi connectivity index (χ4v) is 8.18. The van der Waals surface area contributed by atoms with Crippen LogP contribution in [-0.2, 0) is 10.0 Å². The van der Waals surface area contributed by atoms with Gasteiger partial charge < -0.3 is 4.90 Å². The van der Waals surface area contributed by atoms with Crippen LogP contribution < -0.4 is 0 Å². The van der Waals surface area contributed by atoms with Crippen LogP contribution in [0.5, 0.6) is 0 Å². The number of aromatic nitrogens is 2. The smallest absolute Gasteiger partial charge is 0.257 e. The van der Waals surface area contributed by atoms with Gasteiger partial charge in [-0.1, -0.05) is 18.2 Å². The molecule has 44 heavy (non-hydrogen) atoms. The van der Waals surface area contributed by atoms with E-state index in [1.165, 1.54) is 18.5 Å². The van der Waals surface area contributed by atoms with Crippen molar-refractivity contribution < 1.29 is 17.6 Å². The van der Waals surface area contributed by atoms with E-state index in [-0.39, 0.29) is 21.8 Å². The summed E-state index contributed by atoms with van der Waals surface area (Å²) >= 11 is 5.17. The number of aryl methyl sites for hydroxylation is 2. The molecule has 5 rings (SSSR count). The normalized spacial score (nSPS) is 22.5. The van der Waals surface area contributed by atoms with Crippen molar-refractivity contribution in [3.05, 3.63) is 59.4 Å². The van der Waals surface area contributed by atoms with Crippen LogP contribution >= 0.6 is 12.6 Å². The van der Waals surface area contributed by atoms with Gasteiger partial charge in [-0.2, -0.15) is 12.6 Å². The molecule has 1 unspecified atom stereocenters. The molecule has 0 bridgehead atoms. The maximum absolute atomic E-state index is 13.2. The van der Waals surface area contributed by atoms with E-state index < -0.39 is 10.0 Å². The van der Waals surface area contributed by atoms with E-state index in [2.05, 4.69) is 26.7 Å². The molecule has 3 aliphatic rings. The number of amides is 1. The third-order valence-corrected chi connectivity index (χ3v) is 12.4. The Balaban J connectivity index is 0.000000555. The van der Waals surface area contributed by atoms with Gasteiger partial charge in [-0.15, -0.1) is 0 Å². The molecule has 12 heteroatoms. The van der Waals surface area contributed by atoms with E-state index in [9.17, 15) is 17.6 Å². The first kappa shape index (κ1) is 34.7. The third-order valence-electron chi connectivity index (χ3n) is 9.40. The topological polar surface area (TPSA) is 90.0 Å². The Morgan fingerprint density at radius 3 is 2.09 bits per heavy atom. The van der Waals surface area contributed by atoms with Crippen molar-refractivity contribution >= 4 is 28.6 Å². The summed E-state index contributed by atoms with van der Waals surface area (Å²) < 4.78 is 38.6. The lowest BCUT2D eigenvalue weighted by molar-refractivity contribution is 0.00862. The highest BCUT2D eigenvalue weighted by atomic mass is 32.2. The Morgan fingerprint density at radius 2 is 1.59 bits per heavy atom. The molecule has 2 aromatic rings. The summed E-state index contributed by atoms with van der Waals surface area (Å²) in [6, 6.07) is 8.36. The number of likely N-dealkylation sites (tertiary alicyclic amines) is 1. The second-order valence-electron chi connectivity index (χ2n) is 12.7. The molecule has 1 aromatic heterocycles. The number of carbonyl (C=O) groups is 1. The van der Waals surface area contributed by atoms with Crippen molar-refractivity contribution in [1.82, 2.24) is 29.0 Å². The second-order valence-corrected chi connectivity index (χ2v) is 16.0. The van der Waals surface area contributed by atoms with Crippen LogP contribution in [0.25, 0.3) is 0 Å². The molecule has 1 atom stereocenters. The minimum atomic E-state index is -3.15. The molecule has 0 aliphatic carbocycles. The lowest BCUT2D eigenvalue weighted by Crippen LogP contribution is -2.61. The van der Waals surface area contributed by atoms with E-state index in [4.69, 9.17) is 12.6 Å². The number of hydrogen-bond donors (Lipinski definition) is 1. The van der Waals surface area contributed by atoms with E-state index >= 15 is 0 Å². The predicted octanol–water partition coefficient (Wildman–Crippen LogP) is 4.24. The van der Waals surface area contributed by atoms with E-state index in [0.717, 1.165) is 63.3 Å². The van der Waals surface area contributed by atoms with Crippen LogP contribution in [0, 0.1) is 25.6 Å². The first-order chi connectivity index (χ1) is 20.8. The monoisotopic (exact) mass is 648 g/mol. The summed E-state index contributed by atoms with van der Waals surface area (Å²) in [6.07, 6.45) is 5.05. The van der Waals surface area contributed by atoms with E-state index in [1.54, 1.807) is 36.4 Å². The van der Waals surface area contributed by atoms with Gasteiger partial charge in [-0.3, -0.25) is 14.6 Å². The van der Waals surface area contributed by atoms with Gasteiger partial charge in [0, 0.05) is 58.4 Å². The standard InChI is InChI=1S/C26H44N6O3S2.C6H5F/c1-19(2)37(34,35)32-10-6-23(7-11-32)17-30-14-15-31(16-20(30)3)26(36)8-12-29(13-9-26)25(33)24-21(4)27-18-28-22(24)5;7-6-4-2-1-3-5-6/h18-20,23,36H,6-17H2,1-5H3;1-5H. The number of sulfonamides is 1. The summed E-state index contributed by atoms with van der Waals surface area (Å²) in [6.45, 7) is 16.2. The number of nitrogens with zero attached hydrogens (tertiary/aromatic N) is 6. The van der Waals surface area contributed by atoms with Crippen molar-refractivity contribution in [2.24, 2.45) is 5.92 Å². The molecule has 3 fully saturated rings. The number of carbonyl (C=O) groups excluding carboxylic acids is 1. The van der Waals surface area contributed by atoms with Crippen LogP contribution in [0.3, 0.4) is 0 Å². The van der Waals surface area contributed by atoms with Gasteiger partial charge in [0.15, 0.2) is 0 Å². The van der Waals surface area contributed by atoms with Gasteiger partial charge >= 0.3 is 0 Å². The summed E-state index contributed by atoms with van der Waals surface area (Å²) in [4.78, 5) is 28.4. The van der Waals surface area contributed by atoms with Gasteiger partial charge in [-0.25, -0.2) is 27.1 Å². The van der Waals surface area contributed by atoms with E-state index in [1.807, 2.05) is 18.7 Å². The zero-order chi connectivity index (χ0) is 32.1. The third kappa shape index (κ3) is 8.37. The highest BCUT2D eigenvalue weighted by molar-refractivity contribution is 7.89. The average molecular weight is 649 g/mol. The van der Waals surface area contributed by atoms with Gasteiger partial charge in [0.2, 0.25) is 10.0 Å². The molecule has 0 saturated carbocycles. The Labute approximate surface area is 268 Å². The van der Waals surface area contributed by atoms with Crippen molar-refractivity contribution in [2.75, 3.05) is 52.4 Å². The van der Waals surface area contributed by atoms with Gasteiger partial charge in [0.25, 0.3) is 5.91 Å². The van der Waals surface area contributed by atoms with Crippen molar-refractivity contribution in [3.8, 4) is 0 Å². The number of benzene rings is 1. The van der Waals surface area contributed by atoms with Crippen LogP contribution in [0.2, 0.25) is 0 Å². The van der Waals surface area contributed by atoms with Crippen LogP contribution in [-0.4, -0.2) is 112 Å². The molecule has 0 radical (unpaired) electrons. The molecule has 3 aliphatic heterocycles. The highest BCUT2D eigenvalue weighted by Gasteiger charge is 2.41. The van der Waals surface area contributed by atoms with Gasteiger partial charge in [-0.05, 0) is 78.4 Å². The number of thiol groups is 1. The fourth-order valence-electron chi connectivity index (χ4n) is 6.48. The summed E-state index contributed by atoms with van der Waals surface area (Å²) in [5, 5.41) is -0.351. The minimum Gasteiger partial charge on any atom is -0.338 e. The quantitative estimate of drug-likeness (QED) is 0.469. The average Bonchev–Trinajstić information content (AvgIpc) is 2.99. The maximum Gasteiger partial charge on any atom is 0.257 e. The predicted molar refractivity (Wildman–Crippen MR) is 176 cm³/mol. The summed E-state index contributed by atoms with van der Waals surface area (Å²) in [5.41, 5.74) is 2.10. The lowest BCUT2D eigenvalue weighted by atomic mass is 9.95. The first-order valence-corrected chi connectivity index (χ1v) is 17.8. The SMILES string of the molecule is Cc1ncnc(C)c1C(=O)N1CCC(S)(N2CCN(CC3CCN(S(=O)(=O)C(C)C)CC3)C(C)C2)CC1.Fc1ccccc1. The van der Waals surface area contributed by atoms with Crippen molar-refractivity contribution in [1.29, 1.82) is 0 Å². The first-order valence-electron chi connectivity index (χ1n) is 15.8. The van der Waals surface area contributed by atoms with Crippen LogP contribution in [0.1, 0.15) is 68.2 Å². The Morgan fingerprint density at radius 1 is 1.00 bits per heavy atom. The van der Waals surface area contributed by atoms with Crippen LogP contribution in [0.15, 0.2) is 36.7 Å². The number of piperazine rings is 1. The van der Waals surface area contributed by atoms with Crippen molar-refractivity contribution in [2.45, 2.75) is 76.5 Å². The zero-order valence-corrected chi connectivity index (χ0v) is 28.5.